The van der Waals surface area contributed by atoms with Gasteiger partial charge in [-0.05, 0) is 30.4 Å². The number of Topliss-reactive ketones (excluding diaryl/α,β-unsaturated/α-hetero) is 1. The lowest BCUT2D eigenvalue weighted by Crippen LogP contribution is -2.30. The smallest absolute Gasteiger partial charge is 0.295 e. The lowest BCUT2D eigenvalue weighted by molar-refractivity contribution is -0.139. The van der Waals surface area contributed by atoms with E-state index in [9.17, 15) is 14.7 Å². The molecule has 0 bridgehead atoms. The monoisotopic (exact) mass is 419 g/mol. The molecule has 1 heterocycles. The van der Waals surface area contributed by atoms with E-state index in [4.69, 9.17) is 0 Å². The topological polar surface area (TPSA) is 57.6 Å². The van der Waals surface area contributed by atoms with Crippen LogP contribution < -0.4 is 0 Å². The number of aliphatic hydroxyl groups excluding tert-OH is 1. The molecule has 4 nitrogen and oxygen atoms in total. The zero-order valence-corrected chi connectivity index (χ0v) is 19.0. The summed E-state index contributed by atoms with van der Waals surface area (Å²) in [5.41, 5.74) is 3.85. The summed E-state index contributed by atoms with van der Waals surface area (Å²) in [6.45, 7) is 8.88. The molecule has 4 heteroatoms. The Hall–Kier alpha value is -2.88. The zero-order chi connectivity index (χ0) is 22.5. The SMILES string of the molecule is CCCCCCN1C(=O)C(=O)/C(=C(/O)c2ccc(C)cc2)[C@@H]1c1ccc(C(C)C)cc1. The van der Waals surface area contributed by atoms with E-state index in [1.807, 2.05) is 43.3 Å². The summed E-state index contributed by atoms with van der Waals surface area (Å²) in [6, 6.07) is 14.8. The molecular weight excluding hydrogens is 386 g/mol. The third kappa shape index (κ3) is 4.90. The molecule has 1 fully saturated rings. The van der Waals surface area contributed by atoms with Crippen LogP contribution in [0.3, 0.4) is 0 Å². The van der Waals surface area contributed by atoms with E-state index in [-0.39, 0.29) is 11.3 Å². The van der Waals surface area contributed by atoms with E-state index < -0.39 is 17.7 Å². The number of carbonyl (C=O) groups excluding carboxylic acids is 2. The van der Waals surface area contributed by atoms with Crippen LogP contribution in [0.4, 0.5) is 0 Å². The first-order chi connectivity index (χ1) is 14.8. The molecular formula is C27H33NO3. The van der Waals surface area contributed by atoms with Crippen molar-refractivity contribution < 1.29 is 14.7 Å². The Morgan fingerprint density at radius 1 is 0.968 bits per heavy atom. The summed E-state index contributed by atoms with van der Waals surface area (Å²) < 4.78 is 0. The highest BCUT2D eigenvalue weighted by Crippen LogP contribution is 2.40. The van der Waals surface area contributed by atoms with Gasteiger partial charge in [-0.1, -0.05) is 94.1 Å². The van der Waals surface area contributed by atoms with Crippen LogP contribution in [-0.2, 0) is 9.59 Å². The molecule has 0 spiro atoms. The van der Waals surface area contributed by atoms with Crippen LogP contribution in [0.1, 0.15) is 80.7 Å². The maximum absolute atomic E-state index is 13.0. The van der Waals surface area contributed by atoms with Gasteiger partial charge in [0.2, 0.25) is 0 Å². The fraction of sp³-hybridized carbons (Fsp3) is 0.407. The summed E-state index contributed by atoms with van der Waals surface area (Å²) in [5.74, 6) is -0.844. The van der Waals surface area contributed by atoms with Gasteiger partial charge in [0.25, 0.3) is 11.7 Å². The molecule has 1 N–H and O–H groups in total. The number of nitrogens with zero attached hydrogens (tertiary/aromatic N) is 1. The van der Waals surface area contributed by atoms with Gasteiger partial charge in [0, 0.05) is 12.1 Å². The highest BCUT2D eigenvalue weighted by atomic mass is 16.3. The van der Waals surface area contributed by atoms with Crippen LogP contribution in [0.2, 0.25) is 0 Å². The standard InChI is InChI=1S/C27H33NO3/c1-5-6-7-8-17-28-24(21-15-13-20(14-16-21)18(2)3)23(26(30)27(28)31)25(29)22-11-9-19(4)10-12-22/h9-16,18,24,29H,5-8,17H2,1-4H3/b25-23+/t24-/m0/s1. The number of hydrogen-bond donors (Lipinski definition) is 1. The normalized spacial score (nSPS) is 18.2. The van der Waals surface area contributed by atoms with Crippen molar-refractivity contribution in [2.24, 2.45) is 0 Å². The number of rotatable bonds is 8. The predicted molar refractivity (Wildman–Crippen MR) is 125 cm³/mol. The average Bonchev–Trinajstić information content (AvgIpc) is 3.01. The van der Waals surface area contributed by atoms with Crippen LogP contribution in [0.25, 0.3) is 5.76 Å². The van der Waals surface area contributed by atoms with Crippen LogP contribution in [0, 0.1) is 6.92 Å². The molecule has 2 aromatic carbocycles. The number of hydrogen-bond acceptors (Lipinski definition) is 3. The Labute approximate surface area is 185 Å². The van der Waals surface area contributed by atoms with Gasteiger partial charge in [-0.2, -0.15) is 0 Å². The zero-order valence-electron chi connectivity index (χ0n) is 19.0. The van der Waals surface area contributed by atoms with Crippen LogP contribution >= 0.6 is 0 Å². The molecule has 0 unspecified atom stereocenters. The Morgan fingerprint density at radius 2 is 1.61 bits per heavy atom. The van der Waals surface area contributed by atoms with Crippen LogP contribution in [-0.4, -0.2) is 28.2 Å². The number of ketones is 1. The summed E-state index contributed by atoms with van der Waals surface area (Å²) in [5, 5.41) is 11.1. The molecule has 1 amide bonds. The fourth-order valence-corrected chi connectivity index (χ4v) is 4.10. The Morgan fingerprint density at radius 3 is 2.19 bits per heavy atom. The lowest BCUT2D eigenvalue weighted by atomic mass is 9.93. The maximum Gasteiger partial charge on any atom is 0.295 e. The maximum atomic E-state index is 13.0. The minimum Gasteiger partial charge on any atom is -0.507 e. The van der Waals surface area contributed by atoms with Gasteiger partial charge in [-0.15, -0.1) is 0 Å². The second-order valence-corrected chi connectivity index (χ2v) is 8.74. The summed E-state index contributed by atoms with van der Waals surface area (Å²) >= 11 is 0. The van der Waals surface area contributed by atoms with Crippen LogP contribution in [0.5, 0.6) is 0 Å². The van der Waals surface area contributed by atoms with E-state index in [0.29, 0.717) is 18.0 Å². The molecule has 0 aromatic heterocycles. The molecule has 2 aromatic rings. The average molecular weight is 420 g/mol. The number of aryl methyl sites for hydroxylation is 1. The Kier molecular flexibility index (Phi) is 7.32. The second kappa shape index (κ2) is 9.95. The molecule has 3 rings (SSSR count). The second-order valence-electron chi connectivity index (χ2n) is 8.74. The van der Waals surface area contributed by atoms with Gasteiger partial charge in [-0.3, -0.25) is 9.59 Å². The number of carbonyl (C=O) groups is 2. The molecule has 31 heavy (non-hydrogen) atoms. The third-order valence-corrected chi connectivity index (χ3v) is 6.04. The predicted octanol–water partition coefficient (Wildman–Crippen LogP) is 6.12. The van der Waals surface area contributed by atoms with Crippen molar-refractivity contribution >= 4 is 17.4 Å². The molecule has 1 aliphatic rings. The number of likely N-dealkylation sites (tertiary alicyclic amines) is 1. The van der Waals surface area contributed by atoms with E-state index in [1.165, 1.54) is 5.56 Å². The van der Waals surface area contributed by atoms with E-state index in [2.05, 4.69) is 20.8 Å². The largest absolute Gasteiger partial charge is 0.507 e. The first kappa shape index (κ1) is 22.8. The first-order valence-corrected chi connectivity index (χ1v) is 11.3. The molecule has 0 saturated carbocycles. The molecule has 164 valence electrons. The highest BCUT2D eigenvalue weighted by molar-refractivity contribution is 6.46. The third-order valence-electron chi connectivity index (χ3n) is 6.04. The van der Waals surface area contributed by atoms with Gasteiger partial charge in [0.05, 0.1) is 11.6 Å². The van der Waals surface area contributed by atoms with Crippen molar-refractivity contribution in [3.63, 3.8) is 0 Å². The van der Waals surface area contributed by atoms with Gasteiger partial charge in [0.15, 0.2) is 0 Å². The molecule has 1 aliphatic heterocycles. The Balaban J connectivity index is 2.06. The number of unbranched alkanes of at least 4 members (excludes halogenated alkanes) is 3. The minimum absolute atomic E-state index is 0.104. The van der Waals surface area contributed by atoms with Crippen LogP contribution in [0.15, 0.2) is 54.1 Å². The van der Waals surface area contributed by atoms with Crippen molar-refractivity contribution in [1.82, 2.24) is 4.90 Å². The van der Waals surface area contributed by atoms with E-state index in [1.54, 1.807) is 17.0 Å². The molecule has 0 radical (unpaired) electrons. The van der Waals surface area contributed by atoms with Crippen molar-refractivity contribution in [2.75, 3.05) is 6.54 Å². The molecule has 0 aliphatic carbocycles. The van der Waals surface area contributed by atoms with Gasteiger partial charge in [0.1, 0.15) is 5.76 Å². The molecule has 1 atom stereocenters. The quantitative estimate of drug-likeness (QED) is 0.243. The van der Waals surface area contributed by atoms with Gasteiger partial charge in [-0.25, -0.2) is 0 Å². The fourth-order valence-electron chi connectivity index (χ4n) is 4.10. The highest BCUT2D eigenvalue weighted by Gasteiger charge is 2.45. The van der Waals surface area contributed by atoms with Crippen molar-refractivity contribution in [1.29, 1.82) is 0 Å². The minimum atomic E-state index is -0.605. The van der Waals surface area contributed by atoms with Crippen molar-refractivity contribution in [3.8, 4) is 0 Å². The summed E-state index contributed by atoms with van der Waals surface area (Å²) in [6.07, 6.45) is 4.05. The summed E-state index contributed by atoms with van der Waals surface area (Å²) in [4.78, 5) is 27.6. The number of aliphatic hydroxyl groups is 1. The van der Waals surface area contributed by atoms with Gasteiger partial charge < -0.3 is 10.0 Å². The van der Waals surface area contributed by atoms with Crippen molar-refractivity contribution in [3.05, 3.63) is 76.4 Å². The van der Waals surface area contributed by atoms with E-state index >= 15 is 0 Å². The first-order valence-electron chi connectivity index (χ1n) is 11.3. The summed E-state index contributed by atoms with van der Waals surface area (Å²) in [7, 11) is 0. The van der Waals surface area contributed by atoms with Crippen molar-refractivity contribution in [2.45, 2.75) is 65.3 Å². The Bertz CT molecular complexity index is 955. The molecule has 1 saturated heterocycles. The number of amides is 1. The van der Waals surface area contributed by atoms with Gasteiger partial charge >= 0.3 is 0 Å². The van der Waals surface area contributed by atoms with E-state index in [0.717, 1.165) is 36.8 Å². The number of benzene rings is 2. The lowest BCUT2D eigenvalue weighted by Gasteiger charge is -2.25.